The van der Waals surface area contributed by atoms with Crippen molar-refractivity contribution in [2.24, 2.45) is 7.05 Å². The first-order chi connectivity index (χ1) is 8.16. The van der Waals surface area contributed by atoms with E-state index >= 15 is 0 Å². The van der Waals surface area contributed by atoms with Crippen LogP contribution in [0.1, 0.15) is 12.1 Å². The van der Waals surface area contributed by atoms with Gasteiger partial charge in [-0.2, -0.15) is 5.10 Å². The topological polar surface area (TPSA) is 50.5 Å². The molecular formula is C12H21N3O2. The molecule has 2 unspecified atom stereocenters. The van der Waals surface area contributed by atoms with Crippen molar-refractivity contribution in [1.29, 1.82) is 0 Å². The van der Waals surface area contributed by atoms with Gasteiger partial charge in [0.1, 0.15) is 0 Å². The second-order valence-corrected chi connectivity index (χ2v) is 4.72. The van der Waals surface area contributed by atoms with Gasteiger partial charge in [0.15, 0.2) is 0 Å². The molecule has 96 valence electrons. The lowest BCUT2D eigenvalue weighted by atomic mass is 10.1. The molecule has 2 rings (SSSR count). The van der Waals surface area contributed by atoms with Gasteiger partial charge < -0.3 is 14.7 Å². The summed E-state index contributed by atoms with van der Waals surface area (Å²) in [7, 11) is 3.98. The number of aliphatic hydroxyl groups is 1. The van der Waals surface area contributed by atoms with Crippen molar-refractivity contribution >= 4 is 0 Å². The maximum Gasteiger partial charge on any atom is 0.0960 e. The van der Waals surface area contributed by atoms with Crippen LogP contribution in [0.3, 0.4) is 0 Å². The van der Waals surface area contributed by atoms with Gasteiger partial charge in [-0.15, -0.1) is 0 Å². The molecule has 1 saturated heterocycles. The van der Waals surface area contributed by atoms with Crippen molar-refractivity contribution < 1.29 is 9.84 Å². The van der Waals surface area contributed by atoms with Gasteiger partial charge in [0, 0.05) is 32.0 Å². The molecule has 1 fully saturated rings. The third-order valence-corrected chi connectivity index (χ3v) is 3.34. The van der Waals surface area contributed by atoms with Crippen molar-refractivity contribution in [3.8, 4) is 0 Å². The highest BCUT2D eigenvalue weighted by atomic mass is 16.5. The molecular weight excluding hydrogens is 218 g/mol. The van der Waals surface area contributed by atoms with Crippen molar-refractivity contribution in [3.63, 3.8) is 0 Å². The molecule has 1 aliphatic rings. The molecule has 5 heteroatoms. The van der Waals surface area contributed by atoms with E-state index in [-0.39, 0.29) is 6.10 Å². The van der Waals surface area contributed by atoms with E-state index in [0.29, 0.717) is 6.61 Å². The highest BCUT2D eigenvalue weighted by Crippen LogP contribution is 2.12. The molecule has 1 aliphatic heterocycles. The van der Waals surface area contributed by atoms with E-state index in [9.17, 15) is 5.11 Å². The van der Waals surface area contributed by atoms with Gasteiger partial charge in [-0.3, -0.25) is 4.68 Å². The Bertz CT molecular complexity index is 353. The molecule has 5 nitrogen and oxygen atoms in total. The number of nitrogens with zero attached hydrogens (tertiary/aromatic N) is 3. The van der Waals surface area contributed by atoms with Crippen LogP contribution in [0.25, 0.3) is 0 Å². The molecule has 1 aromatic rings. The lowest BCUT2D eigenvalue weighted by Gasteiger charge is -2.32. The molecule has 1 N–H and O–H groups in total. The Morgan fingerprint density at radius 3 is 3.06 bits per heavy atom. The van der Waals surface area contributed by atoms with Crippen molar-refractivity contribution in [3.05, 3.63) is 18.0 Å². The third-order valence-electron chi connectivity index (χ3n) is 3.34. The molecule has 0 saturated carbocycles. The second-order valence-electron chi connectivity index (χ2n) is 4.72. The minimum absolute atomic E-state index is 0.0537. The normalized spacial score (nSPS) is 23.8. The number of aromatic nitrogens is 2. The molecule has 2 atom stereocenters. The first kappa shape index (κ1) is 12.5. The number of hydrogen-bond acceptors (Lipinski definition) is 4. The predicted molar refractivity (Wildman–Crippen MR) is 64.8 cm³/mol. The highest BCUT2D eigenvalue weighted by molar-refractivity contribution is 5.00. The first-order valence-corrected chi connectivity index (χ1v) is 6.12. The second kappa shape index (κ2) is 5.62. The van der Waals surface area contributed by atoms with Crippen LogP contribution in [0.5, 0.6) is 0 Å². The Morgan fingerprint density at radius 1 is 1.59 bits per heavy atom. The molecule has 17 heavy (non-hydrogen) atoms. The Hall–Kier alpha value is -0.910. The predicted octanol–water partition coefficient (Wildman–Crippen LogP) is 0.0442. The van der Waals surface area contributed by atoms with Crippen LogP contribution in [0.2, 0.25) is 0 Å². The summed E-state index contributed by atoms with van der Waals surface area (Å²) in [5.74, 6) is 0. The van der Waals surface area contributed by atoms with Crippen molar-refractivity contribution in [2.75, 3.05) is 26.7 Å². The van der Waals surface area contributed by atoms with Crippen LogP contribution in [0, 0.1) is 0 Å². The van der Waals surface area contributed by atoms with Crippen molar-refractivity contribution in [2.45, 2.75) is 25.0 Å². The van der Waals surface area contributed by atoms with E-state index in [2.05, 4.69) is 17.0 Å². The molecule has 2 heterocycles. The Morgan fingerprint density at radius 2 is 2.41 bits per heavy atom. The summed E-state index contributed by atoms with van der Waals surface area (Å²) in [6.07, 6.45) is 2.89. The summed E-state index contributed by atoms with van der Waals surface area (Å²) in [6, 6.07) is 1.99. The standard InChI is InChI=1S/C12H21N3O2/c1-14-7-8-17-12(9-14)11(16)4-3-10-5-6-13-15(10)2/h5-6,11-12,16H,3-4,7-9H2,1-2H3. The number of aryl methyl sites for hydroxylation is 2. The van der Waals surface area contributed by atoms with E-state index in [4.69, 9.17) is 4.74 Å². The number of ether oxygens (including phenoxy) is 1. The van der Waals surface area contributed by atoms with Gasteiger partial charge >= 0.3 is 0 Å². The number of rotatable bonds is 4. The largest absolute Gasteiger partial charge is 0.390 e. The Kier molecular flexibility index (Phi) is 4.15. The summed E-state index contributed by atoms with van der Waals surface area (Å²) in [5.41, 5.74) is 1.15. The zero-order valence-corrected chi connectivity index (χ0v) is 10.5. The zero-order valence-electron chi connectivity index (χ0n) is 10.5. The van der Waals surface area contributed by atoms with Gasteiger partial charge in [-0.25, -0.2) is 0 Å². The van der Waals surface area contributed by atoms with Crippen LogP contribution < -0.4 is 0 Å². The maximum absolute atomic E-state index is 10.1. The summed E-state index contributed by atoms with van der Waals surface area (Å²) in [4.78, 5) is 2.20. The van der Waals surface area contributed by atoms with Gasteiger partial charge in [-0.05, 0) is 26.0 Å². The van der Waals surface area contributed by atoms with E-state index in [1.165, 1.54) is 0 Å². The minimum Gasteiger partial charge on any atom is -0.390 e. The van der Waals surface area contributed by atoms with Crippen molar-refractivity contribution in [1.82, 2.24) is 14.7 Å². The smallest absolute Gasteiger partial charge is 0.0960 e. The highest BCUT2D eigenvalue weighted by Gasteiger charge is 2.24. The van der Waals surface area contributed by atoms with E-state index in [0.717, 1.165) is 31.6 Å². The SMILES string of the molecule is CN1CCOC(C(O)CCc2ccnn2C)C1. The lowest BCUT2D eigenvalue weighted by Crippen LogP contribution is -2.46. The summed E-state index contributed by atoms with van der Waals surface area (Å²) >= 11 is 0. The van der Waals surface area contributed by atoms with Gasteiger partial charge in [0.25, 0.3) is 0 Å². The molecule has 1 aromatic heterocycles. The fraction of sp³-hybridized carbons (Fsp3) is 0.750. The average molecular weight is 239 g/mol. The fourth-order valence-corrected chi connectivity index (χ4v) is 2.17. The number of hydrogen-bond donors (Lipinski definition) is 1. The van der Waals surface area contributed by atoms with Gasteiger partial charge in [0.2, 0.25) is 0 Å². The van der Waals surface area contributed by atoms with Crippen LogP contribution in [0.4, 0.5) is 0 Å². The molecule has 0 radical (unpaired) electrons. The average Bonchev–Trinajstić information content (AvgIpc) is 2.72. The monoisotopic (exact) mass is 239 g/mol. The maximum atomic E-state index is 10.1. The lowest BCUT2D eigenvalue weighted by molar-refractivity contribution is -0.0848. The van der Waals surface area contributed by atoms with E-state index < -0.39 is 6.10 Å². The van der Waals surface area contributed by atoms with Crippen LogP contribution in [-0.4, -0.2) is 58.7 Å². The quantitative estimate of drug-likeness (QED) is 0.806. The summed E-state index contributed by atoms with van der Waals surface area (Å²) in [6.45, 7) is 2.47. The van der Waals surface area contributed by atoms with Crippen LogP contribution in [-0.2, 0) is 18.2 Å². The number of morpholine rings is 1. The number of aliphatic hydroxyl groups excluding tert-OH is 1. The van der Waals surface area contributed by atoms with Crippen LogP contribution in [0.15, 0.2) is 12.3 Å². The van der Waals surface area contributed by atoms with E-state index in [1.807, 2.05) is 17.8 Å². The Balaban J connectivity index is 1.80. The summed E-state index contributed by atoms with van der Waals surface area (Å²) < 4.78 is 7.44. The zero-order chi connectivity index (χ0) is 12.3. The minimum atomic E-state index is -0.396. The third kappa shape index (κ3) is 3.28. The molecule has 0 spiro atoms. The van der Waals surface area contributed by atoms with Gasteiger partial charge in [0.05, 0.1) is 18.8 Å². The molecule has 0 amide bonds. The molecule has 0 aromatic carbocycles. The van der Waals surface area contributed by atoms with Crippen LogP contribution >= 0.6 is 0 Å². The fourth-order valence-electron chi connectivity index (χ4n) is 2.17. The first-order valence-electron chi connectivity index (χ1n) is 6.12. The molecule has 0 bridgehead atoms. The molecule has 0 aliphatic carbocycles. The Labute approximate surface area is 102 Å². The van der Waals surface area contributed by atoms with E-state index in [1.54, 1.807) is 6.20 Å². The summed E-state index contributed by atoms with van der Waals surface area (Å²) in [5, 5.41) is 14.2. The van der Waals surface area contributed by atoms with Gasteiger partial charge in [-0.1, -0.05) is 0 Å². The number of likely N-dealkylation sites (N-methyl/N-ethyl adjacent to an activating group) is 1.